The zero-order valence-electron chi connectivity index (χ0n) is 22.7. The molecule has 2 fully saturated rings. The highest BCUT2D eigenvalue weighted by atomic mass is 19.4. The van der Waals surface area contributed by atoms with Crippen LogP contribution in [0.2, 0.25) is 0 Å². The summed E-state index contributed by atoms with van der Waals surface area (Å²) in [7, 11) is 1.46. The van der Waals surface area contributed by atoms with E-state index < -0.39 is 23.9 Å². The van der Waals surface area contributed by atoms with Crippen molar-refractivity contribution in [2.45, 2.75) is 62.9 Å². The number of methoxy groups -OCH3 is 1. The number of ether oxygens (including phenoxy) is 1. The van der Waals surface area contributed by atoms with E-state index in [-0.39, 0.29) is 48.9 Å². The number of aliphatic hydroxyl groups excluding tert-OH is 1. The van der Waals surface area contributed by atoms with Gasteiger partial charge < -0.3 is 25.2 Å². The fourth-order valence-electron chi connectivity index (χ4n) is 5.19. The molecule has 42 heavy (non-hydrogen) atoms. The van der Waals surface area contributed by atoms with E-state index in [2.05, 4.69) is 35.2 Å². The van der Waals surface area contributed by atoms with Crippen LogP contribution in [0.15, 0.2) is 31.0 Å². The number of nitrogens with zero attached hydrogens (tertiary/aromatic N) is 8. The minimum atomic E-state index is -4.62. The van der Waals surface area contributed by atoms with Crippen LogP contribution in [-0.2, 0) is 6.18 Å². The SMILES string of the molecule is COc1ncc(-c2cnc(N(C(=O)O)C3CCC(Nc4ncc(C(F)(F)F)c(N5CCC(O)CC5)n4)CC3)nc2)cn1. The Bertz CT molecular complexity index is 1360. The maximum absolute atomic E-state index is 13.7. The van der Waals surface area contributed by atoms with Crippen molar-refractivity contribution in [3.8, 4) is 17.1 Å². The Morgan fingerprint density at radius 2 is 1.55 bits per heavy atom. The number of nitrogens with one attached hydrogen (secondary N) is 1. The second-order valence-corrected chi connectivity index (χ2v) is 10.2. The first-order valence-electron chi connectivity index (χ1n) is 13.5. The van der Waals surface area contributed by atoms with Crippen molar-refractivity contribution in [1.82, 2.24) is 29.9 Å². The Kier molecular flexibility index (Phi) is 8.51. The van der Waals surface area contributed by atoms with Crippen molar-refractivity contribution in [3.63, 3.8) is 0 Å². The third kappa shape index (κ3) is 6.58. The van der Waals surface area contributed by atoms with Gasteiger partial charge in [-0.3, -0.25) is 0 Å². The van der Waals surface area contributed by atoms with Gasteiger partial charge in [0, 0.05) is 67.3 Å². The van der Waals surface area contributed by atoms with Crippen LogP contribution in [0.3, 0.4) is 0 Å². The second kappa shape index (κ2) is 12.3. The number of carbonyl (C=O) groups is 1. The van der Waals surface area contributed by atoms with Crippen LogP contribution in [0.4, 0.5) is 35.7 Å². The molecule has 1 saturated heterocycles. The number of amides is 1. The molecule has 0 atom stereocenters. The van der Waals surface area contributed by atoms with Gasteiger partial charge in [0.05, 0.1) is 13.2 Å². The lowest BCUT2D eigenvalue weighted by Gasteiger charge is -2.35. The third-order valence-corrected chi connectivity index (χ3v) is 7.44. The van der Waals surface area contributed by atoms with Gasteiger partial charge in [-0.2, -0.15) is 18.2 Å². The second-order valence-electron chi connectivity index (χ2n) is 10.2. The van der Waals surface area contributed by atoms with Gasteiger partial charge in [-0.1, -0.05) is 0 Å². The fraction of sp³-hybridized carbons (Fsp3) is 0.500. The first-order valence-corrected chi connectivity index (χ1v) is 13.5. The van der Waals surface area contributed by atoms with Crippen molar-refractivity contribution in [2.75, 3.05) is 35.3 Å². The maximum Gasteiger partial charge on any atom is 0.421 e. The van der Waals surface area contributed by atoms with Crippen LogP contribution in [0.5, 0.6) is 6.01 Å². The molecule has 4 heterocycles. The van der Waals surface area contributed by atoms with Gasteiger partial charge in [-0.25, -0.2) is 34.6 Å². The van der Waals surface area contributed by atoms with Crippen LogP contribution in [-0.4, -0.2) is 84.6 Å². The molecule has 0 aromatic carbocycles. The van der Waals surface area contributed by atoms with E-state index >= 15 is 0 Å². The predicted molar refractivity (Wildman–Crippen MR) is 144 cm³/mol. The summed E-state index contributed by atoms with van der Waals surface area (Å²) in [6, 6.07) is -0.339. The summed E-state index contributed by atoms with van der Waals surface area (Å²) in [4.78, 5) is 39.6. The molecule has 3 N–H and O–H groups in total. The molecule has 5 rings (SSSR count). The number of halogens is 3. The summed E-state index contributed by atoms with van der Waals surface area (Å²) in [6.45, 7) is 0.515. The highest BCUT2D eigenvalue weighted by molar-refractivity contribution is 5.84. The van der Waals surface area contributed by atoms with Gasteiger partial charge in [0.25, 0.3) is 0 Å². The monoisotopic (exact) mass is 589 g/mol. The number of hydrogen-bond acceptors (Lipinski definition) is 11. The van der Waals surface area contributed by atoms with Crippen molar-refractivity contribution in [2.24, 2.45) is 0 Å². The average Bonchev–Trinajstić information content (AvgIpc) is 2.98. The molecule has 0 spiro atoms. The lowest BCUT2D eigenvalue weighted by Crippen LogP contribution is -2.44. The van der Waals surface area contributed by atoms with E-state index in [1.165, 1.54) is 24.4 Å². The topological polar surface area (TPSA) is 163 Å². The van der Waals surface area contributed by atoms with Crippen LogP contribution in [0.25, 0.3) is 11.1 Å². The number of alkyl halides is 3. The Labute approximate surface area is 238 Å². The van der Waals surface area contributed by atoms with E-state index in [4.69, 9.17) is 4.74 Å². The molecule has 2 aliphatic rings. The molecule has 1 saturated carbocycles. The van der Waals surface area contributed by atoms with Crippen LogP contribution in [0.1, 0.15) is 44.1 Å². The lowest BCUT2D eigenvalue weighted by molar-refractivity contribution is -0.137. The number of carboxylic acid groups (broad SMARTS) is 1. The average molecular weight is 590 g/mol. The lowest BCUT2D eigenvalue weighted by atomic mass is 9.90. The highest BCUT2D eigenvalue weighted by Crippen LogP contribution is 2.37. The zero-order chi connectivity index (χ0) is 29.9. The fourth-order valence-corrected chi connectivity index (χ4v) is 5.19. The molecular formula is C26H30F3N9O4. The summed E-state index contributed by atoms with van der Waals surface area (Å²) in [6.07, 6.45) is 3.26. The number of hydrogen-bond donors (Lipinski definition) is 3. The van der Waals surface area contributed by atoms with Gasteiger partial charge >= 0.3 is 18.3 Å². The van der Waals surface area contributed by atoms with Crippen molar-refractivity contribution < 1.29 is 32.9 Å². The minimum Gasteiger partial charge on any atom is -0.467 e. The summed E-state index contributed by atoms with van der Waals surface area (Å²) >= 11 is 0. The van der Waals surface area contributed by atoms with E-state index in [9.17, 15) is 28.2 Å². The normalized spacial score (nSPS) is 19.8. The van der Waals surface area contributed by atoms with Crippen LogP contribution in [0, 0.1) is 0 Å². The van der Waals surface area contributed by atoms with Gasteiger partial charge in [0.15, 0.2) is 0 Å². The minimum absolute atomic E-state index is 0.0412. The van der Waals surface area contributed by atoms with E-state index in [1.807, 2.05) is 0 Å². The smallest absolute Gasteiger partial charge is 0.421 e. The maximum atomic E-state index is 13.7. The number of aliphatic hydroxyl groups is 1. The van der Waals surface area contributed by atoms with Crippen molar-refractivity contribution in [3.05, 3.63) is 36.5 Å². The van der Waals surface area contributed by atoms with Crippen LogP contribution >= 0.6 is 0 Å². The molecule has 0 radical (unpaired) electrons. The molecule has 3 aromatic rings. The van der Waals surface area contributed by atoms with E-state index in [0.717, 1.165) is 11.1 Å². The Morgan fingerprint density at radius 3 is 2.10 bits per heavy atom. The van der Waals surface area contributed by atoms with Crippen LogP contribution < -0.4 is 19.9 Å². The largest absolute Gasteiger partial charge is 0.467 e. The molecule has 1 amide bonds. The molecule has 224 valence electrons. The van der Waals surface area contributed by atoms with E-state index in [0.29, 0.717) is 49.7 Å². The van der Waals surface area contributed by atoms with Gasteiger partial charge in [-0.15, -0.1) is 0 Å². The molecule has 3 aromatic heterocycles. The van der Waals surface area contributed by atoms with Gasteiger partial charge in [-0.05, 0) is 38.5 Å². The van der Waals surface area contributed by atoms with Gasteiger partial charge in [0.2, 0.25) is 11.9 Å². The summed E-state index contributed by atoms with van der Waals surface area (Å²) in [5.74, 6) is -0.0945. The Hall–Kier alpha value is -4.34. The molecule has 13 nitrogen and oxygen atoms in total. The quantitative estimate of drug-likeness (QED) is 0.367. The number of aromatic nitrogens is 6. The summed E-state index contributed by atoms with van der Waals surface area (Å²) in [5, 5.41) is 22.8. The van der Waals surface area contributed by atoms with E-state index in [1.54, 1.807) is 12.4 Å². The molecular weight excluding hydrogens is 559 g/mol. The first kappa shape index (κ1) is 29.2. The molecule has 0 bridgehead atoms. The van der Waals surface area contributed by atoms with Gasteiger partial charge in [0.1, 0.15) is 11.4 Å². The molecule has 1 aliphatic carbocycles. The molecule has 0 unspecified atom stereocenters. The Balaban J connectivity index is 1.24. The number of anilines is 3. The van der Waals surface area contributed by atoms with Crippen molar-refractivity contribution >= 4 is 23.8 Å². The first-order chi connectivity index (χ1) is 20.1. The third-order valence-electron chi connectivity index (χ3n) is 7.44. The Morgan fingerprint density at radius 1 is 0.952 bits per heavy atom. The molecule has 16 heteroatoms. The number of piperidine rings is 1. The van der Waals surface area contributed by atoms with Crippen molar-refractivity contribution in [1.29, 1.82) is 0 Å². The predicted octanol–water partition coefficient (Wildman–Crippen LogP) is 3.62. The zero-order valence-corrected chi connectivity index (χ0v) is 22.7. The molecule has 1 aliphatic heterocycles. The summed E-state index contributed by atoms with van der Waals surface area (Å²) < 4.78 is 46.0. The summed E-state index contributed by atoms with van der Waals surface area (Å²) in [5.41, 5.74) is 0.328. The number of rotatable bonds is 7. The highest BCUT2D eigenvalue weighted by Gasteiger charge is 2.38. The standard InChI is InChI=1S/C26H30F3N9O4/c1-42-24-33-12-16(13-34-24)15-10-31-23(32-11-15)38(25(40)41)18-4-2-17(3-5-18)35-22-30-14-20(26(27,28)29)21(36-22)37-8-6-19(39)7-9-37/h10-14,17-19,39H,2-9H2,1H3,(H,40,41)(H,30,35,36).